The van der Waals surface area contributed by atoms with E-state index in [2.05, 4.69) is 21.8 Å². The van der Waals surface area contributed by atoms with E-state index in [0.717, 1.165) is 13.1 Å². The molecule has 0 unspecified atom stereocenters. The molecule has 3 heteroatoms. The van der Waals surface area contributed by atoms with Crippen molar-refractivity contribution < 1.29 is 0 Å². The van der Waals surface area contributed by atoms with Gasteiger partial charge in [-0.25, -0.2) is 4.98 Å². The fraction of sp³-hybridized carbons (Fsp3) is 0.727. The number of imidazole rings is 1. The molecule has 0 aromatic carbocycles. The highest BCUT2D eigenvalue weighted by atomic mass is 15.0. The molecule has 1 aliphatic carbocycles. The Bertz CT molecular complexity index is 299. The fourth-order valence-corrected chi connectivity index (χ4v) is 1.84. The summed E-state index contributed by atoms with van der Waals surface area (Å²) in [5.41, 5.74) is 1.90. The van der Waals surface area contributed by atoms with E-state index >= 15 is 0 Å². The van der Waals surface area contributed by atoms with E-state index in [-0.39, 0.29) is 0 Å². The smallest absolute Gasteiger partial charge is 0.0945 e. The number of rotatable bonds is 5. The third kappa shape index (κ3) is 1.98. The van der Waals surface area contributed by atoms with Gasteiger partial charge in [0.15, 0.2) is 0 Å². The topological polar surface area (TPSA) is 29.9 Å². The summed E-state index contributed by atoms with van der Waals surface area (Å²) < 4.78 is 2.07. The Hall–Kier alpha value is -0.830. The third-order valence-electron chi connectivity index (χ3n) is 3.43. The molecule has 0 radical (unpaired) electrons. The van der Waals surface area contributed by atoms with E-state index in [9.17, 15) is 0 Å². The zero-order valence-corrected chi connectivity index (χ0v) is 9.08. The second-order valence-corrected chi connectivity index (χ2v) is 4.45. The van der Waals surface area contributed by atoms with Crippen LogP contribution in [0.4, 0.5) is 0 Å². The molecule has 0 aliphatic heterocycles. The lowest BCUT2D eigenvalue weighted by Gasteiger charge is -2.13. The van der Waals surface area contributed by atoms with Gasteiger partial charge in [0.05, 0.1) is 12.0 Å². The third-order valence-corrected chi connectivity index (χ3v) is 3.43. The van der Waals surface area contributed by atoms with Gasteiger partial charge in [0.25, 0.3) is 0 Å². The van der Waals surface area contributed by atoms with Crippen LogP contribution in [-0.4, -0.2) is 16.1 Å². The van der Waals surface area contributed by atoms with Crippen LogP contribution in [0, 0.1) is 5.41 Å². The number of hydrogen-bond donors (Lipinski definition) is 1. The highest BCUT2D eigenvalue weighted by molar-refractivity contribution is 4.99. The zero-order chi connectivity index (χ0) is 10.0. The Morgan fingerprint density at radius 2 is 2.36 bits per heavy atom. The lowest BCUT2D eigenvalue weighted by atomic mass is 10.0. The molecule has 2 rings (SSSR count). The molecule has 1 fully saturated rings. The van der Waals surface area contributed by atoms with Gasteiger partial charge in [-0.3, -0.25) is 0 Å². The number of aryl methyl sites for hydroxylation is 1. The van der Waals surface area contributed by atoms with E-state index in [4.69, 9.17) is 0 Å². The van der Waals surface area contributed by atoms with Crippen molar-refractivity contribution in [2.24, 2.45) is 12.5 Å². The van der Waals surface area contributed by atoms with Crippen molar-refractivity contribution in [1.82, 2.24) is 14.9 Å². The quantitative estimate of drug-likeness (QED) is 0.771. The van der Waals surface area contributed by atoms with Crippen LogP contribution in [0.3, 0.4) is 0 Å². The summed E-state index contributed by atoms with van der Waals surface area (Å²) in [6, 6.07) is 0. The van der Waals surface area contributed by atoms with Crippen molar-refractivity contribution in [2.45, 2.75) is 32.7 Å². The zero-order valence-electron chi connectivity index (χ0n) is 9.08. The summed E-state index contributed by atoms with van der Waals surface area (Å²) in [7, 11) is 2.04. The van der Waals surface area contributed by atoms with E-state index < -0.39 is 0 Å². The minimum atomic E-state index is 0.637. The molecule has 3 nitrogen and oxygen atoms in total. The summed E-state index contributed by atoms with van der Waals surface area (Å²) in [5.74, 6) is 0. The van der Waals surface area contributed by atoms with Gasteiger partial charge in [0.2, 0.25) is 0 Å². The second-order valence-electron chi connectivity index (χ2n) is 4.45. The van der Waals surface area contributed by atoms with Gasteiger partial charge in [0.1, 0.15) is 0 Å². The summed E-state index contributed by atoms with van der Waals surface area (Å²) >= 11 is 0. The highest BCUT2D eigenvalue weighted by Gasteiger charge is 2.39. The van der Waals surface area contributed by atoms with Crippen LogP contribution in [0.15, 0.2) is 12.5 Å². The minimum Gasteiger partial charge on any atom is -0.337 e. The second kappa shape index (κ2) is 3.73. The summed E-state index contributed by atoms with van der Waals surface area (Å²) in [6.45, 7) is 4.39. The van der Waals surface area contributed by atoms with E-state index in [1.165, 1.54) is 25.0 Å². The van der Waals surface area contributed by atoms with Crippen molar-refractivity contribution in [2.75, 3.05) is 6.54 Å². The van der Waals surface area contributed by atoms with Gasteiger partial charge >= 0.3 is 0 Å². The maximum absolute atomic E-state index is 4.10. The van der Waals surface area contributed by atoms with Crippen LogP contribution in [0.25, 0.3) is 0 Å². The summed E-state index contributed by atoms with van der Waals surface area (Å²) in [6.07, 6.45) is 7.90. The van der Waals surface area contributed by atoms with Crippen molar-refractivity contribution in [1.29, 1.82) is 0 Å². The lowest BCUT2D eigenvalue weighted by Crippen LogP contribution is -2.23. The van der Waals surface area contributed by atoms with E-state index in [1.807, 2.05) is 19.6 Å². The van der Waals surface area contributed by atoms with Crippen molar-refractivity contribution in [3.63, 3.8) is 0 Å². The predicted molar refractivity (Wildman–Crippen MR) is 56.9 cm³/mol. The van der Waals surface area contributed by atoms with Crippen LogP contribution in [0.1, 0.15) is 31.9 Å². The fourth-order valence-electron chi connectivity index (χ4n) is 1.84. The molecule has 1 N–H and O–H groups in total. The summed E-state index contributed by atoms with van der Waals surface area (Å²) in [5, 5.41) is 3.52. The SMILES string of the molecule is CCC1(CNCc2cncn2C)CC1. The first-order valence-corrected chi connectivity index (χ1v) is 5.42. The average Bonchev–Trinajstić information content (AvgIpc) is 2.86. The summed E-state index contributed by atoms with van der Waals surface area (Å²) in [4.78, 5) is 4.10. The maximum atomic E-state index is 4.10. The number of aromatic nitrogens is 2. The molecule has 1 aromatic heterocycles. The van der Waals surface area contributed by atoms with E-state index in [0.29, 0.717) is 5.41 Å². The van der Waals surface area contributed by atoms with Gasteiger partial charge in [-0.1, -0.05) is 6.92 Å². The Morgan fingerprint density at radius 1 is 1.57 bits per heavy atom. The number of hydrogen-bond acceptors (Lipinski definition) is 2. The molecule has 0 atom stereocenters. The first kappa shape index (κ1) is 9.71. The Balaban J connectivity index is 1.76. The molecule has 0 spiro atoms. The lowest BCUT2D eigenvalue weighted by molar-refractivity contribution is 0.440. The molecule has 14 heavy (non-hydrogen) atoms. The predicted octanol–water partition coefficient (Wildman–Crippen LogP) is 1.70. The van der Waals surface area contributed by atoms with Gasteiger partial charge in [0, 0.05) is 26.3 Å². The molecule has 1 aromatic rings. The Labute approximate surface area is 85.5 Å². The Kier molecular flexibility index (Phi) is 2.59. The van der Waals surface area contributed by atoms with Crippen LogP contribution in [0.2, 0.25) is 0 Å². The first-order valence-electron chi connectivity index (χ1n) is 5.42. The standard InChI is InChI=1S/C11H19N3/c1-3-11(4-5-11)8-12-6-10-7-13-9-14(10)2/h7,9,12H,3-6,8H2,1-2H3. The molecule has 0 saturated heterocycles. The first-order chi connectivity index (χ1) is 6.76. The normalized spacial score (nSPS) is 18.4. The van der Waals surface area contributed by atoms with Crippen LogP contribution >= 0.6 is 0 Å². The monoisotopic (exact) mass is 193 g/mol. The van der Waals surface area contributed by atoms with Crippen molar-refractivity contribution >= 4 is 0 Å². The van der Waals surface area contributed by atoms with Crippen molar-refractivity contribution in [3.8, 4) is 0 Å². The van der Waals surface area contributed by atoms with Gasteiger partial charge in [-0.05, 0) is 24.7 Å². The molecule has 0 amide bonds. The van der Waals surface area contributed by atoms with Gasteiger partial charge in [-0.15, -0.1) is 0 Å². The van der Waals surface area contributed by atoms with Gasteiger partial charge < -0.3 is 9.88 Å². The highest BCUT2D eigenvalue weighted by Crippen LogP contribution is 2.47. The minimum absolute atomic E-state index is 0.637. The largest absolute Gasteiger partial charge is 0.337 e. The number of nitrogens with zero attached hydrogens (tertiary/aromatic N) is 2. The number of nitrogens with one attached hydrogen (secondary N) is 1. The van der Waals surface area contributed by atoms with E-state index in [1.54, 1.807) is 0 Å². The molecular weight excluding hydrogens is 174 g/mol. The molecular formula is C11H19N3. The van der Waals surface area contributed by atoms with Crippen molar-refractivity contribution in [3.05, 3.63) is 18.2 Å². The average molecular weight is 193 g/mol. The maximum Gasteiger partial charge on any atom is 0.0945 e. The van der Waals surface area contributed by atoms with Crippen LogP contribution in [-0.2, 0) is 13.6 Å². The van der Waals surface area contributed by atoms with Gasteiger partial charge in [-0.2, -0.15) is 0 Å². The van der Waals surface area contributed by atoms with Crippen LogP contribution in [0.5, 0.6) is 0 Å². The molecule has 0 bridgehead atoms. The van der Waals surface area contributed by atoms with Crippen LogP contribution < -0.4 is 5.32 Å². The molecule has 1 saturated carbocycles. The molecule has 1 heterocycles. The molecule has 78 valence electrons. The molecule has 1 aliphatic rings. The Morgan fingerprint density at radius 3 is 2.86 bits per heavy atom.